The van der Waals surface area contributed by atoms with Crippen molar-refractivity contribution in [2.45, 2.75) is 24.8 Å². The van der Waals surface area contributed by atoms with Crippen LogP contribution < -0.4 is 10.1 Å². The van der Waals surface area contributed by atoms with E-state index in [0.29, 0.717) is 25.4 Å². The number of rotatable bonds is 9. The summed E-state index contributed by atoms with van der Waals surface area (Å²) >= 11 is 0. The van der Waals surface area contributed by atoms with Crippen LogP contribution in [0.4, 0.5) is 0 Å². The Morgan fingerprint density at radius 1 is 1.43 bits per heavy atom. The molecule has 0 radical (unpaired) electrons. The molecule has 0 atom stereocenters. The molecule has 0 fully saturated rings. The number of ether oxygens (including phenoxy) is 1. The van der Waals surface area contributed by atoms with Gasteiger partial charge in [-0.05, 0) is 31.7 Å². The molecule has 0 spiro atoms. The van der Waals surface area contributed by atoms with Crippen LogP contribution >= 0.6 is 0 Å². The fourth-order valence-corrected chi connectivity index (χ4v) is 3.65. The molecular formula is C15H24N2O3S. The predicted molar refractivity (Wildman–Crippen MR) is 85.0 cm³/mol. The van der Waals surface area contributed by atoms with E-state index in [9.17, 15) is 8.42 Å². The second-order valence-corrected chi connectivity index (χ2v) is 6.59. The van der Waals surface area contributed by atoms with Crippen LogP contribution in [0, 0.1) is 0 Å². The Morgan fingerprint density at radius 2 is 2.14 bits per heavy atom. The summed E-state index contributed by atoms with van der Waals surface area (Å²) in [6, 6.07) is 4.94. The lowest BCUT2D eigenvalue weighted by Gasteiger charge is -2.21. The average molecular weight is 312 g/mol. The lowest BCUT2D eigenvalue weighted by Crippen LogP contribution is -2.32. The summed E-state index contributed by atoms with van der Waals surface area (Å²) < 4.78 is 32.1. The van der Waals surface area contributed by atoms with E-state index in [0.717, 1.165) is 12.0 Å². The number of nitrogens with one attached hydrogen (secondary N) is 1. The minimum atomic E-state index is -3.51. The van der Waals surface area contributed by atoms with Gasteiger partial charge in [0.05, 0.1) is 12.0 Å². The quantitative estimate of drug-likeness (QED) is 0.709. The first-order chi connectivity index (χ1) is 10.0. The summed E-state index contributed by atoms with van der Waals surface area (Å²) in [6.45, 7) is 6.91. The third-order valence-corrected chi connectivity index (χ3v) is 4.92. The standard InChI is InChI=1S/C15H24N2O3S/c1-5-9-17(10-6-2)21(18,19)14-7-8-15(20-4)13(11-14)12-16-3/h5,7-8,11,16H,1,6,9-10,12H2,2-4H3. The molecule has 0 aromatic heterocycles. The lowest BCUT2D eigenvalue weighted by atomic mass is 10.2. The Labute approximate surface area is 127 Å². The monoisotopic (exact) mass is 312 g/mol. The number of nitrogens with zero attached hydrogens (tertiary/aromatic N) is 1. The van der Waals surface area contributed by atoms with Gasteiger partial charge in [-0.1, -0.05) is 13.0 Å². The molecule has 0 aliphatic heterocycles. The topological polar surface area (TPSA) is 58.6 Å². The summed E-state index contributed by atoms with van der Waals surface area (Å²) in [5.74, 6) is 0.675. The second-order valence-electron chi connectivity index (χ2n) is 4.66. The number of benzene rings is 1. The Hall–Kier alpha value is -1.37. The summed E-state index contributed by atoms with van der Waals surface area (Å²) in [7, 11) is -0.132. The van der Waals surface area contributed by atoms with Gasteiger partial charge in [-0.25, -0.2) is 8.42 Å². The van der Waals surface area contributed by atoms with E-state index in [-0.39, 0.29) is 4.90 Å². The fourth-order valence-electron chi connectivity index (χ4n) is 2.10. The number of hydrogen-bond donors (Lipinski definition) is 1. The molecule has 1 N–H and O–H groups in total. The third kappa shape index (κ3) is 4.30. The van der Waals surface area contributed by atoms with Gasteiger partial charge in [-0.3, -0.25) is 0 Å². The van der Waals surface area contributed by atoms with Gasteiger partial charge in [0.15, 0.2) is 0 Å². The molecular weight excluding hydrogens is 288 g/mol. The van der Waals surface area contributed by atoms with E-state index in [2.05, 4.69) is 11.9 Å². The zero-order valence-electron chi connectivity index (χ0n) is 12.9. The molecule has 0 amide bonds. The van der Waals surface area contributed by atoms with Crippen molar-refractivity contribution < 1.29 is 13.2 Å². The Kier molecular flexibility index (Phi) is 6.87. The van der Waals surface area contributed by atoms with Crippen LogP contribution in [0.15, 0.2) is 35.7 Å². The number of sulfonamides is 1. The van der Waals surface area contributed by atoms with Gasteiger partial charge in [0.25, 0.3) is 0 Å². The number of hydrogen-bond acceptors (Lipinski definition) is 4. The van der Waals surface area contributed by atoms with E-state index in [1.54, 1.807) is 31.4 Å². The Bertz CT molecular complexity index is 570. The maximum absolute atomic E-state index is 12.7. The van der Waals surface area contributed by atoms with Crippen LogP contribution in [0.25, 0.3) is 0 Å². The lowest BCUT2D eigenvalue weighted by molar-refractivity contribution is 0.407. The smallest absolute Gasteiger partial charge is 0.243 e. The van der Waals surface area contributed by atoms with E-state index < -0.39 is 10.0 Å². The molecule has 21 heavy (non-hydrogen) atoms. The molecule has 5 nitrogen and oxygen atoms in total. The molecule has 6 heteroatoms. The van der Waals surface area contributed by atoms with Crippen molar-refractivity contribution in [2.24, 2.45) is 0 Å². The van der Waals surface area contributed by atoms with E-state index >= 15 is 0 Å². The maximum atomic E-state index is 12.7. The Morgan fingerprint density at radius 3 is 2.67 bits per heavy atom. The molecule has 1 rings (SSSR count). The van der Waals surface area contributed by atoms with Crippen LogP contribution in [-0.2, 0) is 16.6 Å². The zero-order chi connectivity index (χ0) is 15.9. The van der Waals surface area contributed by atoms with Gasteiger partial charge >= 0.3 is 0 Å². The van der Waals surface area contributed by atoms with Crippen LogP contribution in [0.5, 0.6) is 5.75 Å². The minimum absolute atomic E-state index is 0.281. The number of methoxy groups -OCH3 is 1. The van der Waals surface area contributed by atoms with Gasteiger partial charge in [-0.2, -0.15) is 4.31 Å². The van der Waals surface area contributed by atoms with Crippen molar-refractivity contribution in [3.8, 4) is 5.75 Å². The SMILES string of the molecule is C=CCN(CCC)S(=O)(=O)c1ccc(OC)c(CNC)c1. The van der Waals surface area contributed by atoms with Gasteiger partial charge in [0.1, 0.15) is 5.75 Å². The van der Waals surface area contributed by atoms with Gasteiger partial charge in [0.2, 0.25) is 10.0 Å². The third-order valence-electron chi connectivity index (χ3n) is 3.06. The van der Waals surface area contributed by atoms with Crippen LogP contribution in [0.3, 0.4) is 0 Å². The van der Waals surface area contributed by atoms with Gasteiger partial charge < -0.3 is 10.1 Å². The highest BCUT2D eigenvalue weighted by atomic mass is 32.2. The van der Waals surface area contributed by atoms with Crippen molar-refractivity contribution in [1.82, 2.24) is 9.62 Å². The molecule has 0 aliphatic rings. The summed E-state index contributed by atoms with van der Waals surface area (Å²) in [5, 5.41) is 3.01. The summed E-state index contributed by atoms with van der Waals surface area (Å²) in [6.07, 6.45) is 2.36. The normalized spacial score (nSPS) is 11.6. The van der Waals surface area contributed by atoms with Crippen molar-refractivity contribution in [1.29, 1.82) is 0 Å². The maximum Gasteiger partial charge on any atom is 0.243 e. The highest BCUT2D eigenvalue weighted by Crippen LogP contribution is 2.24. The molecule has 1 aromatic carbocycles. The average Bonchev–Trinajstić information content (AvgIpc) is 2.47. The predicted octanol–water partition coefficient (Wildman–Crippen LogP) is 2.00. The molecule has 0 saturated heterocycles. The van der Waals surface area contributed by atoms with E-state index in [4.69, 9.17) is 4.74 Å². The van der Waals surface area contributed by atoms with Crippen molar-refractivity contribution >= 4 is 10.0 Å². The Balaban J connectivity index is 3.23. The molecule has 0 unspecified atom stereocenters. The van der Waals surface area contributed by atoms with Crippen LogP contribution in [-0.4, -0.2) is 40.0 Å². The summed E-state index contributed by atoms with van der Waals surface area (Å²) in [4.78, 5) is 0.281. The van der Waals surface area contributed by atoms with Gasteiger partial charge in [0, 0.05) is 25.2 Å². The zero-order valence-corrected chi connectivity index (χ0v) is 13.7. The van der Waals surface area contributed by atoms with Crippen molar-refractivity contribution in [2.75, 3.05) is 27.2 Å². The second kappa shape index (κ2) is 8.17. The first kappa shape index (κ1) is 17.7. The molecule has 0 saturated carbocycles. The van der Waals surface area contributed by atoms with Crippen LogP contribution in [0.2, 0.25) is 0 Å². The first-order valence-corrected chi connectivity index (χ1v) is 8.37. The minimum Gasteiger partial charge on any atom is -0.496 e. The van der Waals surface area contributed by atoms with E-state index in [1.807, 2.05) is 14.0 Å². The van der Waals surface area contributed by atoms with Crippen molar-refractivity contribution in [3.63, 3.8) is 0 Å². The van der Waals surface area contributed by atoms with E-state index in [1.165, 1.54) is 4.31 Å². The molecule has 0 heterocycles. The largest absolute Gasteiger partial charge is 0.496 e. The highest BCUT2D eigenvalue weighted by Gasteiger charge is 2.23. The molecule has 0 aliphatic carbocycles. The molecule has 0 bridgehead atoms. The highest BCUT2D eigenvalue weighted by molar-refractivity contribution is 7.89. The summed E-state index contributed by atoms with van der Waals surface area (Å²) in [5.41, 5.74) is 0.816. The molecule has 1 aromatic rings. The fraction of sp³-hybridized carbons (Fsp3) is 0.467. The van der Waals surface area contributed by atoms with Crippen molar-refractivity contribution in [3.05, 3.63) is 36.4 Å². The first-order valence-electron chi connectivity index (χ1n) is 6.93. The van der Waals surface area contributed by atoms with Gasteiger partial charge in [-0.15, -0.1) is 6.58 Å². The van der Waals surface area contributed by atoms with Crippen LogP contribution in [0.1, 0.15) is 18.9 Å². The molecule has 118 valence electrons.